The number of hydrogen-bond donors (Lipinski definition) is 2. The molecule has 1 amide bonds. The maximum atomic E-state index is 11.9. The van der Waals surface area contributed by atoms with E-state index < -0.39 is 0 Å². The van der Waals surface area contributed by atoms with Crippen LogP contribution in [0.4, 0.5) is 0 Å². The maximum absolute atomic E-state index is 11.9. The Morgan fingerprint density at radius 3 is 2.95 bits per heavy atom. The molecule has 0 aliphatic carbocycles. The van der Waals surface area contributed by atoms with Crippen molar-refractivity contribution in [3.63, 3.8) is 0 Å². The molecule has 0 spiro atoms. The van der Waals surface area contributed by atoms with Crippen LogP contribution in [-0.2, 0) is 4.79 Å². The molecular formula is C17H18N2O2. The molecule has 2 N–H and O–H groups in total. The van der Waals surface area contributed by atoms with Crippen LogP contribution in [0.2, 0.25) is 0 Å². The number of phenolic OH excluding ortho intramolecular Hbond substituents is 1. The number of aliphatic imine (C=N–C) groups is 1. The number of nitrogens with zero attached hydrogens (tertiary/aromatic N) is 1. The van der Waals surface area contributed by atoms with E-state index in [1.165, 1.54) is 0 Å². The number of carbonyl (C=O) groups excluding carboxylic acids is 1. The molecule has 21 heavy (non-hydrogen) atoms. The Morgan fingerprint density at radius 2 is 2.05 bits per heavy atom. The molecular weight excluding hydrogens is 264 g/mol. The molecule has 1 heterocycles. The van der Waals surface area contributed by atoms with Gasteiger partial charge in [0.25, 0.3) is 0 Å². The zero-order valence-corrected chi connectivity index (χ0v) is 11.7. The first-order valence-corrected chi connectivity index (χ1v) is 7.27. The van der Waals surface area contributed by atoms with Crippen LogP contribution < -0.4 is 5.32 Å². The van der Waals surface area contributed by atoms with Gasteiger partial charge in [-0.2, -0.15) is 0 Å². The number of carbonyl (C=O) groups is 1. The van der Waals surface area contributed by atoms with Crippen molar-refractivity contribution < 1.29 is 9.90 Å². The highest BCUT2D eigenvalue weighted by Gasteiger charge is 2.19. The van der Waals surface area contributed by atoms with Crippen molar-refractivity contribution in [2.45, 2.75) is 25.3 Å². The van der Waals surface area contributed by atoms with Gasteiger partial charge in [-0.3, -0.25) is 9.79 Å². The molecule has 1 unspecified atom stereocenters. The summed E-state index contributed by atoms with van der Waals surface area (Å²) in [5.74, 6) is 0.162. The topological polar surface area (TPSA) is 61.7 Å². The summed E-state index contributed by atoms with van der Waals surface area (Å²) in [6.45, 7) is 0.727. The Kier molecular flexibility index (Phi) is 3.86. The van der Waals surface area contributed by atoms with Gasteiger partial charge in [0.1, 0.15) is 11.8 Å². The number of hydrogen-bond acceptors (Lipinski definition) is 3. The first-order valence-electron chi connectivity index (χ1n) is 7.27. The Morgan fingerprint density at radius 1 is 1.19 bits per heavy atom. The van der Waals surface area contributed by atoms with E-state index in [2.05, 4.69) is 10.3 Å². The van der Waals surface area contributed by atoms with Gasteiger partial charge < -0.3 is 10.4 Å². The van der Waals surface area contributed by atoms with Crippen molar-refractivity contribution in [1.82, 2.24) is 5.32 Å². The highest BCUT2D eigenvalue weighted by atomic mass is 16.3. The fraction of sp³-hybridized carbons (Fsp3) is 0.294. The Balaban J connectivity index is 1.95. The third kappa shape index (κ3) is 2.89. The summed E-state index contributed by atoms with van der Waals surface area (Å²) in [5.41, 5.74) is 0.671. The predicted molar refractivity (Wildman–Crippen MR) is 83.9 cm³/mol. The first kappa shape index (κ1) is 13.6. The van der Waals surface area contributed by atoms with Crippen LogP contribution in [0.15, 0.2) is 41.4 Å². The Hall–Kier alpha value is -2.36. The minimum absolute atomic E-state index is 0.0246. The largest absolute Gasteiger partial charge is 0.507 e. The quantitative estimate of drug-likeness (QED) is 0.832. The van der Waals surface area contributed by atoms with Crippen LogP contribution in [0.5, 0.6) is 5.75 Å². The van der Waals surface area contributed by atoms with Gasteiger partial charge in [-0.1, -0.05) is 30.3 Å². The molecule has 0 saturated carbocycles. The number of benzene rings is 2. The third-order valence-electron chi connectivity index (χ3n) is 3.84. The van der Waals surface area contributed by atoms with Gasteiger partial charge in [-0.05, 0) is 36.1 Å². The molecule has 4 nitrogen and oxygen atoms in total. The lowest BCUT2D eigenvalue weighted by atomic mass is 10.0. The predicted octanol–water partition coefficient (Wildman–Crippen LogP) is 2.63. The molecule has 0 aromatic heterocycles. The molecule has 1 aliphatic heterocycles. The molecule has 0 radical (unpaired) electrons. The number of fused-ring (bicyclic) bond motifs is 1. The van der Waals surface area contributed by atoms with Crippen molar-refractivity contribution in [3.05, 3.63) is 42.0 Å². The van der Waals surface area contributed by atoms with E-state index in [1.54, 1.807) is 12.3 Å². The normalized spacial score (nSPS) is 19.6. The van der Waals surface area contributed by atoms with Crippen LogP contribution >= 0.6 is 0 Å². The minimum atomic E-state index is -0.356. The first-order chi connectivity index (χ1) is 10.3. The Bertz CT molecular complexity index is 694. The van der Waals surface area contributed by atoms with Crippen molar-refractivity contribution in [1.29, 1.82) is 0 Å². The maximum Gasteiger partial charge on any atom is 0.244 e. The van der Waals surface area contributed by atoms with Crippen molar-refractivity contribution in [2.24, 2.45) is 4.99 Å². The number of nitrogens with one attached hydrogen (secondary N) is 1. The van der Waals surface area contributed by atoms with E-state index in [1.807, 2.05) is 30.3 Å². The number of aromatic hydroxyl groups is 1. The molecule has 3 rings (SSSR count). The molecule has 2 aromatic carbocycles. The summed E-state index contributed by atoms with van der Waals surface area (Å²) in [5, 5.41) is 14.9. The van der Waals surface area contributed by atoms with Gasteiger partial charge in [0.2, 0.25) is 5.91 Å². The average Bonchev–Trinajstić information content (AvgIpc) is 2.71. The second-order valence-corrected chi connectivity index (χ2v) is 5.30. The second-order valence-electron chi connectivity index (χ2n) is 5.30. The molecule has 1 aliphatic rings. The minimum Gasteiger partial charge on any atom is -0.507 e. The summed E-state index contributed by atoms with van der Waals surface area (Å²) < 4.78 is 0. The monoisotopic (exact) mass is 282 g/mol. The van der Waals surface area contributed by atoms with Crippen LogP contribution in [0.25, 0.3) is 10.8 Å². The van der Waals surface area contributed by atoms with E-state index in [9.17, 15) is 9.90 Å². The zero-order valence-electron chi connectivity index (χ0n) is 11.7. The zero-order chi connectivity index (χ0) is 14.7. The summed E-state index contributed by atoms with van der Waals surface area (Å²) in [6, 6.07) is 11.0. The van der Waals surface area contributed by atoms with Crippen LogP contribution in [0, 0.1) is 0 Å². The van der Waals surface area contributed by atoms with Gasteiger partial charge >= 0.3 is 0 Å². The fourth-order valence-electron chi connectivity index (χ4n) is 2.65. The standard InChI is InChI=1S/C17H18N2O2/c20-16-9-8-12-5-1-2-6-13(12)14(16)11-19-15-7-3-4-10-18-17(15)21/h1-2,5-6,8-9,11,15,20H,3-4,7,10H2,(H,18,21). The number of amides is 1. The molecule has 1 fully saturated rings. The fourth-order valence-corrected chi connectivity index (χ4v) is 2.65. The highest BCUT2D eigenvalue weighted by molar-refractivity contribution is 6.03. The summed E-state index contributed by atoms with van der Waals surface area (Å²) in [6.07, 6.45) is 4.38. The van der Waals surface area contributed by atoms with Crippen LogP contribution in [-0.4, -0.2) is 29.8 Å². The lowest BCUT2D eigenvalue weighted by molar-refractivity contribution is -0.121. The molecule has 1 atom stereocenters. The average molecular weight is 282 g/mol. The molecule has 2 aromatic rings. The van der Waals surface area contributed by atoms with Gasteiger partial charge in [-0.25, -0.2) is 0 Å². The summed E-state index contributed by atoms with van der Waals surface area (Å²) >= 11 is 0. The van der Waals surface area contributed by atoms with Crippen LogP contribution in [0.1, 0.15) is 24.8 Å². The van der Waals surface area contributed by atoms with Crippen LogP contribution in [0.3, 0.4) is 0 Å². The third-order valence-corrected chi connectivity index (χ3v) is 3.84. The second kappa shape index (κ2) is 5.95. The molecule has 1 saturated heterocycles. The van der Waals surface area contributed by atoms with Gasteiger partial charge in [-0.15, -0.1) is 0 Å². The van der Waals surface area contributed by atoms with E-state index in [0.717, 1.165) is 36.6 Å². The Labute approximate surface area is 123 Å². The molecule has 0 bridgehead atoms. The van der Waals surface area contributed by atoms with Gasteiger partial charge in [0, 0.05) is 18.3 Å². The molecule has 108 valence electrons. The smallest absolute Gasteiger partial charge is 0.244 e. The van der Waals surface area contributed by atoms with Gasteiger partial charge in [0.05, 0.1) is 0 Å². The van der Waals surface area contributed by atoms with E-state index in [0.29, 0.717) is 5.56 Å². The SMILES string of the molecule is O=C1NCCCCC1N=Cc1c(O)ccc2ccccc12. The lowest BCUT2D eigenvalue weighted by Gasteiger charge is -2.09. The van der Waals surface area contributed by atoms with Crippen molar-refractivity contribution in [2.75, 3.05) is 6.54 Å². The summed E-state index contributed by atoms with van der Waals surface area (Å²) in [7, 11) is 0. The lowest BCUT2D eigenvalue weighted by Crippen LogP contribution is -2.31. The van der Waals surface area contributed by atoms with Crippen molar-refractivity contribution >= 4 is 22.9 Å². The van der Waals surface area contributed by atoms with Crippen molar-refractivity contribution in [3.8, 4) is 5.75 Å². The van der Waals surface area contributed by atoms with Gasteiger partial charge in [0.15, 0.2) is 0 Å². The highest BCUT2D eigenvalue weighted by Crippen LogP contribution is 2.25. The molecule has 4 heteroatoms. The summed E-state index contributed by atoms with van der Waals surface area (Å²) in [4.78, 5) is 16.3. The van der Waals surface area contributed by atoms with E-state index in [-0.39, 0.29) is 17.7 Å². The van der Waals surface area contributed by atoms with E-state index >= 15 is 0 Å². The number of rotatable bonds is 2. The number of phenols is 1. The van der Waals surface area contributed by atoms with E-state index in [4.69, 9.17) is 0 Å².